The average molecular weight is 490 g/mol. The molecule has 0 aromatic carbocycles. The van der Waals surface area contributed by atoms with Gasteiger partial charge >= 0.3 is 24.3 Å². The van der Waals surface area contributed by atoms with E-state index in [9.17, 15) is 26.3 Å². The molecule has 3 heterocycles. The SMILES string of the molecule is Cc1cnc(NCCC2CCOC23CN(C)C3)nc1.O=C(O)C(F)(F)F.O=C(O)C(F)(F)F. The first-order valence-electron chi connectivity index (χ1n) is 9.52. The molecule has 3 rings (SSSR count). The summed E-state index contributed by atoms with van der Waals surface area (Å²) in [6.07, 6.45) is -4.16. The van der Waals surface area contributed by atoms with Gasteiger partial charge in [0.1, 0.15) is 0 Å². The van der Waals surface area contributed by atoms with Gasteiger partial charge in [-0.05, 0) is 38.3 Å². The van der Waals surface area contributed by atoms with Crippen LogP contribution >= 0.6 is 0 Å². The van der Waals surface area contributed by atoms with Crippen molar-refractivity contribution in [2.75, 3.05) is 38.6 Å². The Balaban J connectivity index is 0.000000324. The molecule has 1 aromatic heterocycles. The third-order valence-corrected chi connectivity index (χ3v) is 4.72. The number of aliphatic carboxylic acids is 2. The van der Waals surface area contributed by atoms with Gasteiger partial charge in [-0.25, -0.2) is 19.6 Å². The van der Waals surface area contributed by atoms with Crippen LogP contribution in [-0.4, -0.2) is 88.3 Å². The van der Waals surface area contributed by atoms with Gasteiger partial charge < -0.3 is 25.2 Å². The fraction of sp³-hybridized carbons (Fsp3) is 0.667. The van der Waals surface area contributed by atoms with Crippen LogP contribution in [0.2, 0.25) is 0 Å². The number of carbonyl (C=O) groups is 2. The molecule has 188 valence electrons. The number of likely N-dealkylation sites (N-methyl/N-ethyl adjacent to an activating group) is 1. The predicted octanol–water partition coefficient (Wildman–Crippen LogP) is 2.57. The Morgan fingerprint density at radius 3 is 1.97 bits per heavy atom. The number of carboxylic acids is 2. The van der Waals surface area contributed by atoms with Crippen molar-refractivity contribution < 1.29 is 50.9 Å². The summed E-state index contributed by atoms with van der Waals surface area (Å²) < 4.78 is 69.4. The first-order chi connectivity index (χ1) is 15.1. The lowest BCUT2D eigenvalue weighted by atomic mass is 9.79. The highest BCUT2D eigenvalue weighted by Gasteiger charge is 2.51. The molecule has 0 aliphatic carbocycles. The zero-order valence-corrected chi connectivity index (χ0v) is 17.7. The Labute approximate surface area is 184 Å². The Kier molecular flexibility index (Phi) is 9.84. The number of carboxylic acid groups (broad SMARTS) is 2. The smallest absolute Gasteiger partial charge is 0.475 e. The third kappa shape index (κ3) is 9.37. The second-order valence-electron chi connectivity index (χ2n) is 7.48. The highest BCUT2D eigenvalue weighted by molar-refractivity contribution is 5.73. The number of anilines is 1. The molecule has 1 atom stereocenters. The highest BCUT2D eigenvalue weighted by Crippen LogP contribution is 2.40. The minimum atomic E-state index is -5.08. The Hall–Kier alpha value is -2.68. The van der Waals surface area contributed by atoms with Crippen molar-refractivity contribution >= 4 is 17.9 Å². The largest absolute Gasteiger partial charge is 0.490 e. The van der Waals surface area contributed by atoms with Crippen molar-refractivity contribution in [2.45, 2.75) is 37.7 Å². The van der Waals surface area contributed by atoms with E-state index in [0.717, 1.165) is 44.2 Å². The number of rotatable bonds is 4. The van der Waals surface area contributed by atoms with E-state index in [1.54, 1.807) is 0 Å². The van der Waals surface area contributed by atoms with Crippen molar-refractivity contribution in [1.29, 1.82) is 0 Å². The molecule has 1 spiro atoms. The van der Waals surface area contributed by atoms with Crippen LogP contribution in [0, 0.1) is 12.8 Å². The average Bonchev–Trinajstić information content (AvgIpc) is 3.06. The molecular formula is C18H24F6N4O5. The first-order valence-corrected chi connectivity index (χ1v) is 9.52. The molecule has 1 aromatic rings. The number of hydrogen-bond donors (Lipinski definition) is 3. The molecule has 9 nitrogen and oxygen atoms in total. The molecule has 0 radical (unpaired) electrons. The number of hydrogen-bond acceptors (Lipinski definition) is 7. The number of alkyl halides is 6. The van der Waals surface area contributed by atoms with Gasteiger partial charge in [0.15, 0.2) is 0 Å². The van der Waals surface area contributed by atoms with Gasteiger partial charge in [0.25, 0.3) is 0 Å². The van der Waals surface area contributed by atoms with Gasteiger partial charge in [-0.15, -0.1) is 0 Å². The number of halogens is 6. The van der Waals surface area contributed by atoms with Gasteiger partial charge in [0, 0.05) is 38.6 Å². The molecule has 0 bridgehead atoms. The van der Waals surface area contributed by atoms with E-state index in [2.05, 4.69) is 27.2 Å². The van der Waals surface area contributed by atoms with E-state index >= 15 is 0 Å². The summed E-state index contributed by atoms with van der Waals surface area (Å²) in [5.74, 6) is -4.12. The van der Waals surface area contributed by atoms with Crippen molar-refractivity contribution in [1.82, 2.24) is 14.9 Å². The van der Waals surface area contributed by atoms with E-state index in [4.69, 9.17) is 24.5 Å². The zero-order chi connectivity index (χ0) is 25.4. The normalized spacial score (nSPS) is 19.5. The maximum Gasteiger partial charge on any atom is 0.490 e. The highest BCUT2D eigenvalue weighted by atomic mass is 19.4. The number of aromatic nitrogens is 2. The zero-order valence-electron chi connectivity index (χ0n) is 17.7. The topological polar surface area (TPSA) is 125 Å². The van der Waals surface area contributed by atoms with Crippen LogP contribution in [0.4, 0.5) is 32.3 Å². The molecule has 33 heavy (non-hydrogen) atoms. The second kappa shape index (κ2) is 11.4. The minimum absolute atomic E-state index is 0.143. The summed E-state index contributed by atoms with van der Waals surface area (Å²) in [5, 5.41) is 17.6. The Morgan fingerprint density at radius 1 is 1.12 bits per heavy atom. The molecule has 3 N–H and O–H groups in total. The monoisotopic (exact) mass is 490 g/mol. The molecule has 2 aliphatic heterocycles. The lowest BCUT2D eigenvalue weighted by Crippen LogP contribution is -2.63. The van der Waals surface area contributed by atoms with Crippen LogP contribution in [0.25, 0.3) is 0 Å². The lowest BCUT2D eigenvalue weighted by molar-refractivity contribution is -0.193. The standard InChI is InChI=1S/C14H22N4O.2C2HF3O2/c1-11-7-16-13(17-8-11)15-5-3-12-4-6-19-14(12)9-18(2)10-14;2*3-2(4,5)1(6)7/h7-8,12H,3-6,9-10H2,1-2H3,(H,15,16,17);2*(H,6,7). The molecule has 15 heteroatoms. The van der Waals surface area contributed by atoms with Gasteiger partial charge in [0.05, 0.1) is 5.60 Å². The fourth-order valence-corrected chi connectivity index (χ4v) is 3.25. The van der Waals surface area contributed by atoms with Crippen LogP contribution < -0.4 is 5.32 Å². The summed E-state index contributed by atoms with van der Waals surface area (Å²) >= 11 is 0. The molecule has 1 unspecified atom stereocenters. The number of aryl methyl sites for hydroxylation is 1. The van der Waals surface area contributed by atoms with E-state index in [1.807, 2.05) is 19.3 Å². The van der Waals surface area contributed by atoms with Crippen molar-refractivity contribution in [3.63, 3.8) is 0 Å². The van der Waals surface area contributed by atoms with Crippen molar-refractivity contribution in [2.24, 2.45) is 5.92 Å². The predicted molar refractivity (Wildman–Crippen MR) is 102 cm³/mol. The molecular weight excluding hydrogens is 466 g/mol. The van der Waals surface area contributed by atoms with Crippen LogP contribution in [0.5, 0.6) is 0 Å². The quantitative estimate of drug-likeness (QED) is 0.546. The molecule has 0 saturated carbocycles. The number of nitrogens with zero attached hydrogens (tertiary/aromatic N) is 3. The number of nitrogens with one attached hydrogen (secondary N) is 1. The summed E-state index contributed by atoms with van der Waals surface area (Å²) in [6.45, 7) is 6.00. The van der Waals surface area contributed by atoms with Gasteiger partial charge in [-0.1, -0.05) is 0 Å². The summed E-state index contributed by atoms with van der Waals surface area (Å²) in [6, 6.07) is 0. The van der Waals surface area contributed by atoms with Crippen LogP contribution in [0.3, 0.4) is 0 Å². The molecule has 0 amide bonds. The minimum Gasteiger partial charge on any atom is -0.475 e. The van der Waals surface area contributed by atoms with Crippen molar-refractivity contribution in [3.05, 3.63) is 18.0 Å². The maximum absolute atomic E-state index is 10.6. The number of likely N-dealkylation sites (tertiary alicyclic amines) is 1. The molecule has 2 fully saturated rings. The van der Waals surface area contributed by atoms with Gasteiger partial charge in [-0.2, -0.15) is 26.3 Å². The van der Waals surface area contributed by atoms with Gasteiger partial charge in [-0.3, -0.25) is 0 Å². The van der Waals surface area contributed by atoms with Crippen LogP contribution in [-0.2, 0) is 14.3 Å². The van der Waals surface area contributed by atoms with Gasteiger partial charge in [0.2, 0.25) is 5.95 Å². The van der Waals surface area contributed by atoms with Crippen LogP contribution in [0.1, 0.15) is 18.4 Å². The van der Waals surface area contributed by atoms with E-state index in [1.165, 1.54) is 6.42 Å². The molecule has 2 aliphatic rings. The van der Waals surface area contributed by atoms with E-state index in [0.29, 0.717) is 5.92 Å². The third-order valence-electron chi connectivity index (χ3n) is 4.72. The lowest BCUT2D eigenvalue weighted by Gasteiger charge is -2.48. The summed E-state index contributed by atoms with van der Waals surface area (Å²) in [4.78, 5) is 28.6. The Morgan fingerprint density at radius 2 is 1.58 bits per heavy atom. The van der Waals surface area contributed by atoms with Crippen molar-refractivity contribution in [3.8, 4) is 0 Å². The molecule has 2 saturated heterocycles. The van der Waals surface area contributed by atoms with Crippen LogP contribution in [0.15, 0.2) is 12.4 Å². The maximum atomic E-state index is 10.6. The summed E-state index contributed by atoms with van der Waals surface area (Å²) in [5.41, 5.74) is 1.23. The van der Waals surface area contributed by atoms with E-state index in [-0.39, 0.29) is 5.60 Å². The fourth-order valence-electron chi connectivity index (χ4n) is 3.25. The number of ether oxygens (including phenoxy) is 1. The Bertz CT molecular complexity index is 758. The van der Waals surface area contributed by atoms with E-state index < -0.39 is 24.3 Å². The summed E-state index contributed by atoms with van der Waals surface area (Å²) in [7, 11) is 2.16. The second-order valence-corrected chi connectivity index (χ2v) is 7.48. The first kappa shape index (κ1) is 28.4.